The van der Waals surface area contributed by atoms with E-state index in [9.17, 15) is 13.2 Å². The Hall–Kier alpha value is -2.38. The molecule has 0 amide bonds. The molecule has 7 heteroatoms. The number of benzene rings is 2. The number of hydrogen-bond acceptors (Lipinski definition) is 5. The minimum absolute atomic E-state index is 0.0190. The third-order valence-electron chi connectivity index (χ3n) is 3.28. The Bertz CT molecular complexity index is 790. The molecule has 0 spiro atoms. The number of carbonyl (C=O) groups is 1. The maximum absolute atomic E-state index is 12.0. The lowest BCUT2D eigenvalue weighted by Crippen LogP contribution is -2.27. The molecule has 0 saturated heterocycles. The molecule has 2 aromatic carbocycles. The van der Waals surface area contributed by atoms with Crippen LogP contribution in [-0.2, 0) is 19.6 Å². The first-order chi connectivity index (χ1) is 12.0. The van der Waals surface area contributed by atoms with Crippen LogP contribution in [0.15, 0.2) is 59.5 Å². The average molecular weight is 363 g/mol. The Morgan fingerprint density at radius 1 is 1.04 bits per heavy atom. The molecule has 0 saturated carbocycles. The molecule has 0 radical (unpaired) electrons. The molecule has 0 unspecified atom stereocenters. The standard InChI is InChI=1S/C18H21NO5S/c1-15-6-5-7-16(14-15)23-12-13-24-18(20)10-11-19-25(21,22)17-8-3-2-4-9-17/h2-9,14,19H,10-13H2,1H3. The van der Waals surface area contributed by atoms with Gasteiger partial charge >= 0.3 is 5.97 Å². The first-order valence-electron chi connectivity index (χ1n) is 7.87. The predicted octanol–water partition coefficient (Wildman–Crippen LogP) is 2.29. The second-order valence-electron chi connectivity index (χ2n) is 5.35. The lowest BCUT2D eigenvalue weighted by atomic mass is 10.2. The van der Waals surface area contributed by atoms with Crippen molar-refractivity contribution in [2.24, 2.45) is 0 Å². The molecule has 0 aliphatic carbocycles. The van der Waals surface area contributed by atoms with Gasteiger partial charge in [0.05, 0.1) is 11.3 Å². The monoisotopic (exact) mass is 363 g/mol. The summed E-state index contributed by atoms with van der Waals surface area (Å²) in [5.74, 6) is 0.232. The van der Waals surface area contributed by atoms with Gasteiger partial charge in [-0.05, 0) is 36.8 Å². The van der Waals surface area contributed by atoms with E-state index in [1.807, 2.05) is 31.2 Å². The molecule has 134 valence electrons. The van der Waals surface area contributed by atoms with Gasteiger partial charge in [0.2, 0.25) is 10.0 Å². The normalized spacial score (nSPS) is 11.1. The summed E-state index contributed by atoms with van der Waals surface area (Å²) in [5, 5.41) is 0. The number of sulfonamides is 1. The molecule has 25 heavy (non-hydrogen) atoms. The van der Waals surface area contributed by atoms with Gasteiger partial charge in [0.1, 0.15) is 19.0 Å². The highest BCUT2D eigenvalue weighted by atomic mass is 32.2. The van der Waals surface area contributed by atoms with Crippen LogP contribution in [-0.4, -0.2) is 34.1 Å². The number of nitrogens with one attached hydrogen (secondary N) is 1. The fraction of sp³-hybridized carbons (Fsp3) is 0.278. The van der Waals surface area contributed by atoms with Crippen LogP contribution in [0.4, 0.5) is 0 Å². The van der Waals surface area contributed by atoms with Crippen LogP contribution >= 0.6 is 0 Å². The minimum Gasteiger partial charge on any atom is -0.490 e. The van der Waals surface area contributed by atoms with E-state index in [-0.39, 0.29) is 31.1 Å². The molecule has 0 aliphatic heterocycles. The van der Waals surface area contributed by atoms with Crippen molar-refractivity contribution < 1.29 is 22.7 Å². The first-order valence-corrected chi connectivity index (χ1v) is 9.35. The average Bonchev–Trinajstić information content (AvgIpc) is 2.59. The second-order valence-corrected chi connectivity index (χ2v) is 7.11. The molecular weight excluding hydrogens is 342 g/mol. The van der Waals surface area contributed by atoms with Gasteiger partial charge in [-0.3, -0.25) is 4.79 Å². The highest BCUT2D eigenvalue weighted by Crippen LogP contribution is 2.12. The fourth-order valence-corrected chi connectivity index (χ4v) is 3.12. The largest absolute Gasteiger partial charge is 0.490 e. The summed E-state index contributed by atoms with van der Waals surface area (Å²) in [6.45, 7) is 2.29. The molecule has 2 aromatic rings. The van der Waals surface area contributed by atoms with Crippen LogP contribution < -0.4 is 9.46 Å². The van der Waals surface area contributed by atoms with Gasteiger partial charge in [-0.15, -0.1) is 0 Å². The summed E-state index contributed by atoms with van der Waals surface area (Å²) in [6, 6.07) is 15.5. The number of ether oxygens (including phenoxy) is 2. The number of rotatable bonds is 9. The Kier molecular flexibility index (Phi) is 6.97. The van der Waals surface area contributed by atoms with Gasteiger partial charge in [0, 0.05) is 6.54 Å². The van der Waals surface area contributed by atoms with Crippen LogP contribution in [0.5, 0.6) is 5.75 Å². The highest BCUT2D eigenvalue weighted by Gasteiger charge is 2.13. The summed E-state index contributed by atoms with van der Waals surface area (Å²) in [5.41, 5.74) is 1.08. The molecule has 2 rings (SSSR count). The first kappa shape index (κ1) is 19.0. The van der Waals surface area contributed by atoms with E-state index in [1.54, 1.807) is 18.2 Å². The minimum atomic E-state index is -3.60. The van der Waals surface area contributed by atoms with Crippen molar-refractivity contribution in [1.82, 2.24) is 4.72 Å². The molecule has 0 aromatic heterocycles. The van der Waals surface area contributed by atoms with Crippen molar-refractivity contribution in [2.45, 2.75) is 18.2 Å². The molecule has 1 N–H and O–H groups in total. The van der Waals surface area contributed by atoms with Crippen molar-refractivity contribution >= 4 is 16.0 Å². The topological polar surface area (TPSA) is 81.7 Å². The molecule has 0 fully saturated rings. The summed E-state index contributed by atoms with van der Waals surface area (Å²) in [7, 11) is -3.60. The molecule has 0 bridgehead atoms. The third-order valence-corrected chi connectivity index (χ3v) is 4.76. The third kappa shape index (κ3) is 6.56. The summed E-state index contributed by atoms with van der Waals surface area (Å²) in [4.78, 5) is 11.8. The summed E-state index contributed by atoms with van der Waals surface area (Å²) < 4.78 is 36.8. The van der Waals surface area contributed by atoms with E-state index in [0.29, 0.717) is 5.75 Å². The van der Waals surface area contributed by atoms with Crippen molar-refractivity contribution in [3.8, 4) is 5.75 Å². The quantitative estimate of drug-likeness (QED) is 0.546. The Labute approximate surface area is 147 Å². The lowest BCUT2D eigenvalue weighted by Gasteiger charge is -2.09. The molecule has 6 nitrogen and oxygen atoms in total. The van der Waals surface area contributed by atoms with Gasteiger partial charge < -0.3 is 9.47 Å². The van der Waals surface area contributed by atoms with Crippen LogP contribution in [0, 0.1) is 6.92 Å². The van der Waals surface area contributed by atoms with Crippen LogP contribution in [0.3, 0.4) is 0 Å². The Morgan fingerprint density at radius 2 is 1.80 bits per heavy atom. The molecule has 0 atom stereocenters. The van der Waals surface area contributed by atoms with Crippen LogP contribution in [0.2, 0.25) is 0 Å². The van der Waals surface area contributed by atoms with E-state index >= 15 is 0 Å². The zero-order valence-corrected chi connectivity index (χ0v) is 14.8. The van der Waals surface area contributed by atoms with Gasteiger partial charge in [0.25, 0.3) is 0 Å². The number of esters is 1. The van der Waals surface area contributed by atoms with E-state index in [4.69, 9.17) is 9.47 Å². The summed E-state index contributed by atoms with van der Waals surface area (Å²) >= 11 is 0. The van der Waals surface area contributed by atoms with E-state index < -0.39 is 16.0 Å². The zero-order valence-electron chi connectivity index (χ0n) is 14.0. The SMILES string of the molecule is Cc1cccc(OCCOC(=O)CCNS(=O)(=O)c2ccccc2)c1. The van der Waals surface area contributed by atoms with Crippen molar-refractivity contribution in [3.05, 3.63) is 60.2 Å². The highest BCUT2D eigenvalue weighted by molar-refractivity contribution is 7.89. The fourth-order valence-electron chi connectivity index (χ4n) is 2.06. The molecule has 0 heterocycles. The van der Waals surface area contributed by atoms with Gasteiger partial charge in [-0.1, -0.05) is 30.3 Å². The smallest absolute Gasteiger partial charge is 0.307 e. The summed E-state index contributed by atoms with van der Waals surface area (Å²) in [6.07, 6.45) is -0.0451. The number of hydrogen-bond donors (Lipinski definition) is 1. The lowest BCUT2D eigenvalue weighted by molar-refractivity contribution is -0.144. The Morgan fingerprint density at radius 3 is 2.52 bits per heavy atom. The van der Waals surface area contributed by atoms with E-state index in [0.717, 1.165) is 5.56 Å². The van der Waals surface area contributed by atoms with Gasteiger partial charge in [-0.25, -0.2) is 13.1 Å². The van der Waals surface area contributed by atoms with Crippen molar-refractivity contribution in [1.29, 1.82) is 0 Å². The maximum Gasteiger partial charge on any atom is 0.307 e. The van der Waals surface area contributed by atoms with Crippen LogP contribution in [0.1, 0.15) is 12.0 Å². The maximum atomic E-state index is 12.0. The van der Waals surface area contributed by atoms with E-state index in [1.165, 1.54) is 12.1 Å². The predicted molar refractivity (Wildman–Crippen MR) is 93.9 cm³/mol. The molecular formula is C18H21NO5S. The molecule has 0 aliphatic rings. The van der Waals surface area contributed by atoms with Gasteiger partial charge in [0.15, 0.2) is 0 Å². The van der Waals surface area contributed by atoms with Crippen molar-refractivity contribution in [2.75, 3.05) is 19.8 Å². The van der Waals surface area contributed by atoms with Crippen LogP contribution in [0.25, 0.3) is 0 Å². The van der Waals surface area contributed by atoms with E-state index in [2.05, 4.69) is 4.72 Å². The second kappa shape index (κ2) is 9.19. The van der Waals surface area contributed by atoms with Gasteiger partial charge in [-0.2, -0.15) is 0 Å². The van der Waals surface area contributed by atoms with Crippen molar-refractivity contribution in [3.63, 3.8) is 0 Å². The zero-order chi connectivity index (χ0) is 18.1. The Balaban J connectivity index is 1.64. The number of carbonyl (C=O) groups excluding carboxylic acids is 1. The number of aryl methyl sites for hydroxylation is 1.